The van der Waals surface area contributed by atoms with Crippen molar-refractivity contribution in [2.24, 2.45) is 0 Å². The Morgan fingerprint density at radius 1 is 0.933 bits per heavy atom. The van der Waals surface area contributed by atoms with Crippen molar-refractivity contribution < 1.29 is 23.7 Å². The second-order valence-corrected chi connectivity index (χ2v) is 6.94. The lowest BCUT2D eigenvalue weighted by Gasteiger charge is -2.10. The smallest absolute Gasteiger partial charge is 0.232 e. The van der Waals surface area contributed by atoms with Gasteiger partial charge >= 0.3 is 0 Å². The molecule has 3 aromatic carbocycles. The Balaban J connectivity index is 1.57. The molecule has 0 aromatic heterocycles. The van der Waals surface area contributed by atoms with Gasteiger partial charge in [-0.3, -0.25) is 4.79 Å². The normalized spacial score (nSPS) is 13.7. The number of hydrogen-bond donors (Lipinski definition) is 0. The molecule has 3 aromatic rings. The maximum Gasteiger partial charge on any atom is 0.232 e. The minimum atomic E-state index is -0.146. The van der Waals surface area contributed by atoms with Crippen LogP contribution in [0.15, 0.2) is 66.4 Å². The van der Waals surface area contributed by atoms with Crippen LogP contribution >= 0.6 is 0 Å². The van der Waals surface area contributed by atoms with Gasteiger partial charge in [0.25, 0.3) is 0 Å². The van der Waals surface area contributed by atoms with Crippen LogP contribution in [0.1, 0.15) is 27.0 Å². The lowest BCUT2D eigenvalue weighted by Crippen LogP contribution is -2.00. The highest BCUT2D eigenvalue weighted by Crippen LogP contribution is 2.38. The van der Waals surface area contributed by atoms with Crippen LogP contribution in [0.3, 0.4) is 0 Å². The van der Waals surface area contributed by atoms with Gasteiger partial charge in [0.05, 0.1) is 19.8 Å². The maximum absolute atomic E-state index is 12.9. The number of ketones is 1. The molecular formula is C25H22O5. The Kier molecular flexibility index (Phi) is 5.44. The van der Waals surface area contributed by atoms with Gasteiger partial charge in [0.15, 0.2) is 5.76 Å². The minimum absolute atomic E-state index is 0.146. The van der Waals surface area contributed by atoms with Crippen molar-refractivity contribution in [2.75, 3.05) is 14.2 Å². The van der Waals surface area contributed by atoms with Gasteiger partial charge in [-0.05, 0) is 48.4 Å². The highest BCUT2D eigenvalue weighted by Gasteiger charge is 2.30. The van der Waals surface area contributed by atoms with Crippen molar-refractivity contribution >= 4 is 11.9 Å². The van der Waals surface area contributed by atoms with Gasteiger partial charge in [0, 0.05) is 11.6 Å². The fourth-order valence-corrected chi connectivity index (χ4v) is 3.42. The number of Topliss-reactive ketones (excluding diaryl/α,β-unsaturated/α-hetero) is 1. The largest absolute Gasteiger partial charge is 0.497 e. The summed E-state index contributed by atoms with van der Waals surface area (Å²) in [5, 5.41) is 0. The molecule has 0 amide bonds. The molecule has 4 rings (SSSR count). The van der Waals surface area contributed by atoms with E-state index in [2.05, 4.69) is 0 Å². The van der Waals surface area contributed by atoms with Crippen molar-refractivity contribution in [1.82, 2.24) is 0 Å². The van der Waals surface area contributed by atoms with Gasteiger partial charge in [0.1, 0.15) is 29.6 Å². The molecule has 0 atom stereocenters. The van der Waals surface area contributed by atoms with E-state index in [0.29, 0.717) is 29.4 Å². The van der Waals surface area contributed by atoms with Gasteiger partial charge in [-0.1, -0.05) is 30.3 Å². The molecule has 0 saturated heterocycles. The Morgan fingerprint density at radius 2 is 1.77 bits per heavy atom. The molecule has 1 aliphatic rings. The zero-order chi connectivity index (χ0) is 21.1. The predicted octanol–water partition coefficient (Wildman–Crippen LogP) is 5.21. The Labute approximate surface area is 175 Å². The first-order valence-electron chi connectivity index (χ1n) is 9.56. The van der Waals surface area contributed by atoms with Crippen molar-refractivity contribution in [3.63, 3.8) is 0 Å². The molecule has 0 saturated carbocycles. The van der Waals surface area contributed by atoms with Crippen LogP contribution in [0, 0.1) is 6.92 Å². The average Bonchev–Trinajstić information content (AvgIpc) is 3.08. The summed E-state index contributed by atoms with van der Waals surface area (Å²) in [5.41, 5.74) is 3.14. The molecule has 0 spiro atoms. The first-order chi connectivity index (χ1) is 14.6. The molecular weight excluding hydrogens is 380 g/mol. The highest BCUT2D eigenvalue weighted by atomic mass is 16.5. The third-order valence-corrected chi connectivity index (χ3v) is 4.91. The molecule has 0 aliphatic carbocycles. The molecule has 152 valence electrons. The topological polar surface area (TPSA) is 54.0 Å². The molecule has 5 heteroatoms. The zero-order valence-corrected chi connectivity index (χ0v) is 17.1. The molecule has 1 aliphatic heterocycles. The summed E-state index contributed by atoms with van der Waals surface area (Å²) >= 11 is 0. The van der Waals surface area contributed by atoms with Gasteiger partial charge in [-0.2, -0.15) is 0 Å². The van der Waals surface area contributed by atoms with Crippen molar-refractivity contribution in [1.29, 1.82) is 0 Å². The minimum Gasteiger partial charge on any atom is -0.497 e. The van der Waals surface area contributed by atoms with Crippen molar-refractivity contribution in [2.45, 2.75) is 13.5 Å². The Bertz CT molecular complexity index is 1130. The van der Waals surface area contributed by atoms with Crippen LogP contribution in [-0.2, 0) is 6.61 Å². The maximum atomic E-state index is 12.9. The summed E-state index contributed by atoms with van der Waals surface area (Å²) < 4.78 is 22.4. The Hall–Kier alpha value is -3.73. The van der Waals surface area contributed by atoms with E-state index in [0.717, 1.165) is 22.4 Å². The highest BCUT2D eigenvalue weighted by molar-refractivity contribution is 6.15. The quantitative estimate of drug-likeness (QED) is 0.530. The molecule has 0 fully saturated rings. The number of carbonyl (C=O) groups is 1. The predicted molar refractivity (Wildman–Crippen MR) is 114 cm³/mol. The Morgan fingerprint density at radius 3 is 2.57 bits per heavy atom. The second kappa shape index (κ2) is 8.33. The van der Waals surface area contributed by atoms with Gasteiger partial charge in [-0.25, -0.2) is 0 Å². The fourth-order valence-electron chi connectivity index (χ4n) is 3.42. The number of carbonyl (C=O) groups excluding carboxylic acids is 1. The van der Waals surface area contributed by atoms with E-state index in [1.807, 2.05) is 61.5 Å². The molecule has 1 heterocycles. The summed E-state index contributed by atoms with van der Waals surface area (Å²) in [6.45, 7) is 2.26. The monoisotopic (exact) mass is 402 g/mol. The second-order valence-electron chi connectivity index (χ2n) is 6.94. The summed E-state index contributed by atoms with van der Waals surface area (Å²) in [6.07, 6.45) is 1.71. The van der Waals surface area contributed by atoms with E-state index in [1.165, 1.54) is 0 Å². The van der Waals surface area contributed by atoms with Crippen LogP contribution in [0.5, 0.6) is 23.0 Å². The van der Waals surface area contributed by atoms with E-state index in [1.54, 1.807) is 26.4 Å². The third-order valence-electron chi connectivity index (χ3n) is 4.91. The number of rotatable bonds is 6. The van der Waals surface area contributed by atoms with Gasteiger partial charge < -0.3 is 18.9 Å². The molecule has 0 unspecified atom stereocenters. The molecule has 0 radical (unpaired) electrons. The van der Waals surface area contributed by atoms with Crippen molar-refractivity contribution in [3.05, 3.63) is 88.7 Å². The average molecular weight is 402 g/mol. The van der Waals surface area contributed by atoms with E-state index in [4.69, 9.17) is 18.9 Å². The van der Waals surface area contributed by atoms with Crippen LogP contribution in [0.25, 0.3) is 6.08 Å². The van der Waals surface area contributed by atoms with E-state index in [9.17, 15) is 4.79 Å². The number of ether oxygens (including phenoxy) is 4. The van der Waals surface area contributed by atoms with Crippen LogP contribution in [0.2, 0.25) is 0 Å². The molecule has 0 N–H and O–H groups in total. The lowest BCUT2D eigenvalue weighted by atomic mass is 10.0. The number of aryl methyl sites for hydroxylation is 1. The van der Waals surface area contributed by atoms with Crippen LogP contribution < -0.4 is 18.9 Å². The number of fused-ring (bicyclic) bond motifs is 1. The van der Waals surface area contributed by atoms with Crippen molar-refractivity contribution in [3.8, 4) is 23.0 Å². The SMILES string of the molecule is COc1cccc(COc2cc(C)c3c(c2)O/C(=C\c2ccccc2OC)C3=O)c1. The number of benzene rings is 3. The number of methoxy groups -OCH3 is 2. The first-order valence-corrected chi connectivity index (χ1v) is 9.56. The summed E-state index contributed by atoms with van der Waals surface area (Å²) in [4.78, 5) is 12.9. The first kappa shape index (κ1) is 19.6. The van der Waals surface area contributed by atoms with Gasteiger partial charge in [-0.15, -0.1) is 0 Å². The fraction of sp³-hybridized carbons (Fsp3) is 0.160. The lowest BCUT2D eigenvalue weighted by molar-refractivity contribution is 0.101. The van der Waals surface area contributed by atoms with Crippen LogP contribution in [0.4, 0.5) is 0 Å². The van der Waals surface area contributed by atoms with E-state index < -0.39 is 0 Å². The number of hydrogen-bond acceptors (Lipinski definition) is 5. The van der Waals surface area contributed by atoms with E-state index in [-0.39, 0.29) is 11.5 Å². The molecule has 0 bridgehead atoms. The molecule has 5 nitrogen and oxygen atoms in total. The van der Waals surface area contributed by atoms with E-state index >= 15 is 0 Å². The van der Waals surface area contributed by atoms with Crippen LogP contribution in [-0.4, -0.2) is 20.0 Å². The standard InChI is InChI=1S/C25H22O5/c1-16-11-20(29-15-17-7-6-9-19(12-17)27-2)14-22-24(16)25(26)23(30-22)13-18-8-4-5-10-21(18)28-3/h4-14H,15H2,1-3H3/b23-13-. The summed E-state index contributed by atoms with van der Waals surface area (Å²) in [5.74, 6) is 2.72. The zero-order valence-electron chi connectivity index (χ0n) is 17.1. The molecule has 30 heavy (non-hydrogen) atoms. The number of allylic oxidation sites excluding steroid dienone is 1. The summed E-state index contributed by atoms with van der Waals surface area (Å²) in [6, 6.07) is 18.8. The van der Waals surface area contributed by atoms with Gasteiger partial charge in [0.2, 0.25) is 5.78 Å². The number of para-hydroxylation sites is 1. The third kappa shape index (κ3) is 3.87. The summed E-state index contributed by atoms with van der Waals surface area (Å²) in [7, 11) is 3.23.